The van der Waals surface area contributed by atoms with Gasteiger partial charge in [0.15, 0.2) is 0 Å². The summed E-state index contributed by atoms with van der Waals surface area (Å²) in [7, 11) is -0.414. The minimum absolute atomic E-state index is 0.305. The molecule has 5 nitrogen and oxygen atoms in total. The fraction of sp³-hybridized carbons (Fsp3) is 0.471. The number of ether oxygens (including phenoxy) is 1. The van der Waals surface area contributed by atoms with E-state index in [4.69, 9.17) is 14.0 Å². The van der Waals surface area contributed by atoms with Crippen molar-refractivity contribution in [2.75, 3.05) is 6.61 Å². The molecule has 2 heterocycles. The van der Waals surface area contributed by atoms with Crippen molar-refractivity contribution in [1.29, 1.82) is 0 Å². The lowest BCUT2D eigenvalue weighted by Crippen LogP contribution is -2.35. The van der Waals surface area contributed by atoms with Crippen molar-refractivity contribution in [1.82, 2.24) is 4.57 Å². The molecule has 1 aromatic heterocycles. The zero-order chi connectivity index (χ0) is 16.8. The van der Waals surface area contributed by atoms with Crippen molar-refractivity contribution in [3.05, 3.63) is 30.5 Å². The SMILES string of the molecule is CC(C)(C)OC(=O)n1ccc2c(B3OCC(C)(C)O3)cccc21. The molecular weight excluding hydrogens is 293 g/mol. The minimum atomic E-state index is -0.535. The zero-order valence-electron chi connectivity index (χ0n) is 14.3. The maximum Gasteiger partial charge on any atom is 0.495 e. The molecule has 0 aliphatic carbocycles. The quantitative estimate of drug-likeness (QED) is 0.759. The Labute approximate surface area is 136 Å². The molecule has 0 radical (unpaired) electrons. The van der Waals surface area contributed by atoms with Gasteiger partial charge in [-0.25, -0.2) is 4.79 Å². The van der Waals surface area contributed by atoms with Crippen LogP contribution < -0.4 is 5.46 Å². The molecule has 0 atom stereocenters. The van der Waals surface area contributed by atoms with Crippen LogP contribution >= 0.6 is 0 Å². The van der Waals surface area contributed by atoms with E-state index >= 15 is 0 Å². The highest BCUT2D eigenvalue weighted by atomic mass is 16.7. The fourth-order valence-electron chi connectivity index (χ4n) is 2.65. The molecule has 0 saturated carbocycles. The molecule has 0 spiro atoms. The lowest BCUT2D eigenvalue weighted by molar-refractivity contribution is 0.0544. The second-order valence-electron chi connectivity index (χ2n) is 7.47. The summed E-state index contributed by atoms with van der Waals surface area (Å²) < 4.78 is 18.7. The van der Waals surface area contributed by atoms with Crippen molar-refractivity contribution >= 4 is 29.6 Å². The van der Waals surface area contributed by atoms with Crippen LogP contribution in [-0.2, 0) is 14.0 Å². The Morgan fingerprint density at radius 1 is 1.30 bits per heavy atom. The van der Waals surface area contributed by atoms with Gasteiger partial charge in [0.1, 0.15) is 5.60 Å². The highest BCUT2D eigenvalue weighted by Crippen LogP contribution is 2.23. The highest BCUT2D eigenvalue weighted by Gasteiger charge is 2.39. The normalized spacial score (nSPS) is 17.7. The molecule has 0 amide bonds. The van der Waals surface area contributed by atoms with Crippen LogP contribution in [0, 0.1) is 0 Å². The predicted octanol–water partition coefficient (Wildman–Crippen LogP) is 2.95. The van der Waals surface area contributed by atoms with Crippen LogP contribution in [0.3, 0.4) is 0 Å². The molecule has 2 aromatic rings. The second-order valence-corrected chi connectivity index (χ2v) is 7.47. The average Bonchev–Trinajstić information content (AvgIpc) is 2.99. The number of aromatic nitrogens is 1. The van der Waals surface area contributed by atoms with E-state index in [1.807, 2.05) is 58.9 Å². The van der Waals surface area contributed by atoms with E-state index in [0.29, 0.717) is 6.61 Å². The van der Waals surface area contributed by atoms with Gasteiger partial charge in [0.2, 0.25) is 0 Å². The molecule has 0 N–H and O–H groups in total. The fourth-order valence-corrected chi connectivity index (χ4v) is 2.65. The molecule has 23 heavy (non-hydrogen) atoms. The van der Waals surface area contributed by atoms with Gasteiger partial charge in [-0.05, 0) is 57.6 Å². The number of carbonyl (C=O) groups excluding carboxylic acids is 1. The first-order valence-corrected chi connectivity index (χ1v) is 7.79. The minimum Gasteiger partial charge on any atom is -0.443 e. The van der Waals surface area contributed by atoms with Crippen molar-refractivity contribution in [3.63, 3.8) is 0 Å². The summed E-state index contributed by atoms with van der Waals surface area (Å²) in [5.41, 5.74) is 0.872. The smallest absolute Gasteiger partial charge is 0.443 e. The molecule has 1 fully saturated rings. The monoisotopic (exact) mass is 315 g/mol. The molecule has 0 bridgehead atoms. The Balaban J connectivity index is 1.97. The maximum absolute atomic E-state index is 12.3. The lowest BCUT2D eigenvalue weighted by Gasteiger charge is -2.20. The molecule has 1 aromatic carbocycles. The van der Waals surface area contributed by atoms with Gasteiger partial charge in [-0.2, -0.15) is 0 Å². The molecule has 1 saturated heterocycles. The van der Waals surface area contributed by atoms with Gasteiger partial charge in [-0.1, -0.05) is 12.1 Å². The van der Waals surface area contributed by atoms with Crippen molar-refractivity contribution in [2.24, 2.45) is 0 Å². The molecule has 6 heteroatoms. The van der Waals surface area contributed by atoms with E-state index < -0.39 is 18.8 Å². The Morgan fingerprint density at radius 2 is 2.04 bits per heavy atom. The summed E-state index contributed by atoms with van der Waals surface area (Å²) in [6, 6.07) is 7.65. The van der Waals surface area contributed by atoms with Crippen LogP contribution in [0.1, 0.15) is 34.6 Å². The van der Waals surface area contributed by atoms with E-state index in [1.54, 1.807) is 6.20 Å². The van der Waals surface area contributed by atoms with E-state index in [0.717, 1.165) is 16.4 Å². The summed E-state index contributed by atoms with van der Waals surface area (Å²) in [5.74, 6) is 0. The van der Waals surface area contributed by atoms with E-state index in [-0.39, 0.29) is 5.60 Å². The van der Waals surface area contributed by atoms with Gasteiger partial charge in [-0.15, -0.1) is 0 Å². The summed E-state index contributed by atoms with van der Waals surface area (Å²) in [6.07, 6.45) is 1.33. The van der Waals surface area contributed by atoms with Crippen molar-refractivity contribution < 1.29 is 18.8 Å². The Kier molecular flexibility index (Phi) is 3.77. The molecule has 3 rings (SSSR count). The third-order valence-corrected chi connectivity index (χ3v) is 3.62. The molecule has 0 unspecified atom stereocenters. The first-order chi connectivity index (χ1) is 10.7. The summed E-state index contributed by atoms with van der Waals surface area (Å²) in [6.45, 7) is 10.1. The number of nitrogens with zero attached hydrogens (tertiary/aromatic N) is 1. The van der Waals surface area contributed by atoms with Gasteiger partial charge in [0.25, 0.3) is 0 Å². The summed E-state index contributed by atoms with van der Waals surface area (Å²) >= 11 is 0. The van der Waals surface area contributed by atoms with E-state index in [9.17, 15) is 4.79 Å². The number of fused-ring (bicyclic) bond motifs is 1. The van der Waals surface area contributed by atoms with Crippen LogP contribution in [-0.4, -0.2) is 35.6 Å². The lowest BCUT2D eigenvalue weighted by atomic mass is 9.77. The molecular formula is C17H22BNO4. The average molecular weight is 315 g/mol. The number of hydrogen-bond acceptors (Lipinski definition) is 4. The van der Waals surface area contributed by atoms with Gasteiger partial charge >= 0.3 is 13.2 Å². The second kappa shape index (κ2) is 5.39. The van der Waals surface area contributed by atoms with E-state index in [1.165, 1.54) is 4.57 Å². The van der Waals surface area contributed by atoms with Gasteiger partial charge in [0, 0.05) is 6.20 Å². The summed E-state index contributed by atoms with van der Waals surface area (Å²) in [4.78, 5) is 12.3. The van der Waals surface area contributed by atoms with Crippen LogP contribution in [0.2, 0.25) is 0 Å². The predicted molar refractivity (Wildman–Crippen MR) is 90.1 cm³/mol. The number of carbonyl (C=O) groups is 1. The largest absolute Gasteiger partial charge is 0.495 e. The van der Waals surface area contributed by atoms with Gasteiger partial charge in [0.05, 0.1) is 17.7 Å². The topological polar surface area (TPSA) is 49.7 Å². The summed E-state index contributed by atoms with van der Waals surface area (Å²) in [5, 5.41) is 0.932. The van der Waals surface area contributed by atoms with Crippen LogP contribution in [0.15, 0.2) is 30.5 Å². The third kappa shape index (κ3) is 3.28. The van der Waals surface area contributed by atoms with Crippen molar-refractivity contribution in [3.8, 4) is 0 Å². The van der Waals surface area contributed by atoms with Crippen LogP contribution in [0.5, 0.6) is 0 Å². The van der Waals surface area contributed by atoms with Crippen LogP contribution in [0.25, 0.3) is 10.9 Å². The third-order valence-electron chi connectivity index (χ3n) is 3.62. The van der Waals surface area contributed by atoms with Crippen molar-refractivity contribution in [2.45, 2.75) is 45.8 Å². The standard InChI is InChI=1S/C17H22BNO4/c1-16(2,3)22-15(20)19-10-9-12-13(7-6-8-14(12)19)18-21-11-17(4,5)23-18/h6-10H,11H2,1-5H3. The Hall–Kier alpha value is -1.79. The number of hydrogen-bond donors (Lipinski definition) is 0. The van der Waals surface area contributed by atoms with Gasteiger partial charge < -0.3 is 14.0 Å². The molecule has 122 valence electrons. The Bertz CT molecular complexity index is 745. The van der Waals surface area contributed by atoms with Gasteiger partial charge in [-0.3, -0.25) is 4.57 Å². The molecule has 1 aliphatic heterocycles. The molecule has 1 aliphatic rings. The van der Waals surface area contributed by atoms with Crippen LogP contribution in [0.4, 0.5) is 4.79 Å². The zero-order valence-corrected chi connectivity index (χ0v) is 14.3. The first kappa shape index (κ1) is 16.1. The first-order valence-electron chi connectivity index (χ1n) is 7.79. The van der Waals surface area contributed by atoms with E-state index in [2.05, 4.69) is 0 Å². The highest BCUT2D eigenvalue weighted by molar-refractivity contribution is 6.65. The number of rotatable bonds is 1. The number of benzene rings is 1. The maximum atomic E-state index is 12.3. The Morgan fingerprint density at radius 3 is 2.65 bits per heavy atom.